The maximum absolute atomic E-state index is 11.4. The van der Waals surface area contributed by atoms with Crippen LogP contribution in [0.3, 0.4) is 0 Å². The van der Waals surface area contributed by atoms with Gasteiger partial charge in [-0.05, 0) is 40.7 Å². The van der Waals surface area contributed by atoms with E-state index in [4.69, 9.17) is 4.74 Å². The molecule has 1 aromatic heterocycles. The first-order valence-corrected chi connectivity index (χ1v) is 6.84. The minimum Gasteiger partial charge on any atom is -0.444 e. The van der Waals surface area contributed by atoms with E-state index in [1.54, 1.807) is 6.33 Å². The van der Waals surface area contributed by atoms with E-state index < -0.39 is 5.60 Å². The Hall–Kier alpha value is -1.63. The van der Waals surface area contributed by atoms with E-state index in [0.717, 1.165) is 18.8 Å². The van der Waals surface area contributed by atoms with Crippen molar-refractivity contribution in [1.82, 2.24) is 25.4 Å². The lowest BCUT2D eigenvalue weighted by Gasteiger charge is -2.19. The Morgan fingerprint density at radius 1 is 1.45 bits per heavy atom. The number of ether oxygens (including phenoxy) is 1. The minimum absolute atomic E-state index is 0.129. The van der Waals surface area contributed by atoms with Crippen LogP contribution in [0.5, 0.6) is 0 Å². The molecule has 1 atom stereocenters. The van der Waals surface area contributed by atoms with Crippen LogP contribution in [0.15, 0.2) is 6.33 Å². The first-order valence-electron chi connectivity index (χ1n) is 6.84. The number of alkyl carbamates (subject to hydrolysis) is 1. The van der Waals surface area contributed by atoms with Gasteiger partial charge in [0.1, 0.15) is 17.8 Å². The smallest absolute Gasteiger partial charge is 0.407 e. The Kier molecular flexibility index (Phi) is 5.94. The second-order valence-electron chi connectivity index (χ2n) is 5.76. The van der Waals surface area contributed by atoms with E-state index in [0.29, 0.717) is 6.54 Å². The van der Waals surface area contributed by atoms with E-state index in [9.17, 15) is 4.79 Å². The zero-order valence-electron chi connectivity index (χ0n) is 12.9. The van der Waals surface area contributed by atoms with Crippen LogP contribution in [-0.4, -0.2) is 39.5 Å². The summed E-state index contributed by atoms with van der Waals surface area (Å²) in [7, 11) is 1.91. The van der Waals surface area contributed by atoms with Gasteiger partial charge in [0.05, 0.1) is 6.04 Å². The number of nitrogens with zero attached hydrogens (tertiary/aromatic N) is 3. The number of hydrogen-bond donors (Lipinski definition) is 2. The third-order valence-electron chi connectivity index (χ3n) is 2.61. The Morgan fingerprint density at radius 3 is 2.70 bits per heavy atom. The first kappa shape index (κ1) is 16.4. The van der Waals surface area contributed by atoms with Crippen molar-refractivity contribution < 1.29 is 9.53 Å². The third kappa shape index (κ3) is 6.01. The average Bonchev–Trinajstić information content (AvgIpc) is 2.72. The molecule has 0 aromatic carbocycles. The Morgan fingerprint density at radius 2 is 2.15 bits per heavy atom. The van der Waals surface area contributed by atoms with Gasteiger partial charge < -0.3 is 19.9 Å². The first-order chi connectivity index (χ1) is 9.29. The molecule has 0 saturated carbocycles. The van der Waals surface area contributed by atoms with Gasteiger partial charge >= 0.3 is 6.09 Å². The summed E-state index contributed by atoms with van der Waals surface area (Å²) in [5, 5.41) is 13.9. The SMILES string of the molecule is CC(NCCCNC(=O)OC(C)(C)C)c1nncn1C. The van der Waals surface area contributed by atoms with E-state index in [1.165, 1.54) is 0 Å². The van der Waals surface area contributed by atoms with Crippen LogP contribution < -0.4 is 10.6 Å². The Bertz CT molecular complexity index is 425. The highest BCUT2D eigenvalue weighted by molar-refractivity contribution is 5.67. The number of hydrogen-bond acceptors (Lipinski definition) is 5. The van der Waals surface area contributed by atoms with Crippen LogP contribution >= 0.6 is 0 Å². The van der Waals surface area contributed by atoms with Crippen molar-refractivity contribution >= 4 is 6.09 Å². The van der Waals surface area contributed by atoms with Crippen molar-refractivity contribution in [2.24, 2.45) is 7.05 Å². The van der Waals surface area contributed by atoms with E-state index in [-0.39, 0.29) is 12.1 Å². The molecule has 0 radical (unpaired) electrons. The monoisotopic (exact) mass is 283 g/mol. The van der Waals surface area contributed by atoms with Crippen molar-refractivity contribution in [2.75, 3.05) is 13.1 Å². The van der Waals surface area contributed by atoms with Gasteiger partial charge in [0.15, 0.2) is 0 Å². The number of carbonyl (C=O) groups excluding carboxylic acids is 1. The van der Waals surface area contributed by atoms with Crippen LogP contribution in [0.1, 0.15) is 46.0 Å². The predicted octanol–water partition coefficient (Wildman–Crippen LogP) is 1.38. The fourth-order valence-corrected chi connectivity index (χ4v) is 1.69. The second-order valence-corrected chi connectivity index (χ2v) is 5.76. The molecule has 1 unspecified atom stereocenters. The summed E-state index contributed by atoms with van der Waals surface area (Å²) in [5.41, 5.74) is -0.456. The molecular weight excluding hydrogens is 258 g/mol. The highest BCUT2D eigenvalue weighted by Crippen LogP contribution is 2.07. The van der Waals surface area contributed by atoms with Crippen molar-refractivity contribution in [2.45, 2.75) is 45.8 Å². The van der Waals surface area contributed by atoms with Gasteiger partial charge in [-0.1, -0.05) is 0 Å². The fraction of sp³-hybridized carbons (Fsp3) is 0.769. The van der Waals surface area contributed by atoms with Gasteiger partial charge in [0.2, 0.25) is 0 Å². The van der Waals surface area contributed by atoms with Crippen LogP contribution in [0.2, 0.25) is 0 Å². The summed E-state index contributed by atoms with van der Waals surface area (Å²) >= 11 is 0. The molecule has 7 heteroatoms. The normalized spacial score (nSPS) is 13.1. The molecule has 0 aliphatic heterocycles. The minimum atomic E-state index is -0.456. The highest BCUT2D eigenvalue weighted by Gasteiger charge is 2.15. The van der Waals surface area contributed by atoms with Crippen LogP contribution in [0, 0.1) is 0 Å². The largest absolute Gasteiger partial charge is 0.444 e. The van der Waals surface area contributed by atoms with Gasteiger partial charge in [-0.3, -0.25) is 0 Å². The standard InChI is InChI=1S/C13H25N5O2/c1-10(11-17-16-9-18(11)5)14-7-6-8-15-12(19)20-13(2,3)4/h9-10,14H,6-8H2,1-5H3,(H,15,19). The molecule has 1 rings (SSSR count). The van der Waals surface area contributed by atoms with Crippen LogP contribution in [-0.2, 0) is 11.8 Å². The zero-order chi connectivity index (χ0) is 15.2. The van der Waals surface area contributed by atoms with Gasteiger partial charge in [-0.2, -0.15) is 0 Å². The molecule has 1 aromatic rings. The average molecular weight is 283 g/mol. The highest BCUT2D eigenvalue weighted by atomic mass is 16.6. The van der Waals surface area contributed by atoms with Crippen molar-refractivity contribution in [3.8, 4) is 0 Å². The number of aryl methyl sites for hydroxylation is 1. The van der Waals surface area contributed by atoms with Gasteiger partial charge in [-0.25, -0.2) is 4.79 Å². The summed E-state index contributed by atoms with van der Waals surface area (Å²) in [6.07, 6.45) is 2.12. The predicted molar refractivity (Wildman–Crippen MR) is 76.3 cm³/mol. The summed E-state index contributed by atoms with van der Waals surface area (Å²) in [5.74, 6) is 0.894. The van der Waals surface area contributed by atoms with Crippen molar-refractivity contribution in [1.29, 1.82) is 0 Å². The lowest BCUT2D eigenvalue weighted by Crippen LogP contribution is -2.34. The molecule has 1 heterocycles. The Labute approximate surface area is 120 Å². The molecule has 0 aliphatic rings. The zero-order valence-corrected chi connectivity index (χ0v) is 12.9. The van der Waals surface area contributed by atoms with Crippen molar-refractivity contribution in [3.05, 3.63) is 12.2 Å². The second kappa shape index (κ2) is 7.23. The van der Waals surface area contributed by atoms with Crippen molar-refractivity contribution in [3.63, 3.8) is 0 Å². The van der Waals surface area contributed by atoms with Gasteiger partial charge in [-0.15, -0.1) is 10.2 Å². The molecule has 0 bridgehead atoms. The molecule has 20 heavy (non-hydrogen) atoms. The molecule has 0 saturated heterocycles. The van der Waals surface area contributed by atoms with Crippen LogP contribution in [0.4, 0.5) is 4.79 Å². The molecule has 0 fully saturated rings. The molecule has 0 aliphatic carbocycles. The number of rotatable bonds is 6. The third-order valence-corrected chi connectivity index (χ3v) is 2.61. The fourth-order valence-electron chi connectivity index (χ4n) is 1.69. The lowest BCUT2D eigenvalue weighted by molar-refractivity contribution is 0.0527. The van der Waals surface area contributed by atoms with E-state index in [2.05, 4.69) is 20.8 Å². The number of nitrogens with one attached hydrogen (secondary N) is 2. The topological polar surface area (TPSA) is 81.1 Å². The van der Waals surface area contributed by atoms with Crippen LogP contribution in [0.25, 0.3) is 0 Å². The molecule has 2 N–H and O–H groups in total. The van der Waals surface area contributed by atoms with Gasteiger partial charge in [0.25, 0.3) is 0 Å². The summed E-state index contributed by atoms with van der Waals surface area (Å²) in [4.78, 5) is 11.4. The molecule has 0 spiro atoms. The summed E-state index contributed by atoms with van der Waals surface area (Å²) < 4.78 is 7.03. The molecule has 1 amide bonds. The van der Waals surface area contributed by atoms with Gasteiger partial charge in [0, 0.05) is 13.6 Å². The van der Waals surface area contributed by atoms with E-state index >= 15 is 0 Å². The number of aromatic nitrogens is 3. The molecule has 7 nitrogen and oxygen atoms in total. The van der Waals surface area contributed by atoms with E-state index in [1.807, 2.05) is 39.3 Å². The maximum Gasteiger partial charge on any atom is 0.407 e. The quantitative estimate of drug-likeness (QED) is 0.771. The maximum atomic E-state index is 11.4. The molecule has 114 valence electrons. The lowest BCUT2D eigenvalue weighted by atomic mass is 10.2. The molecular formula is C13H25N5O2. The number of amides is 1. The Balaban J connectivity index is 2.14. The summed E-state index contributed by atoms with van der Waals surface area (Å²) in [6, 6.07) is 0.129. The number of carbonyl (C=O) groups is 1. The summed E-state index contributed by atoms with van der Waals surface area (Å²) in [6.45, 7) is 8.92.